The number of allylic oxidation sites excluding steroid dienone is 1. The molecule has 2 heteroatoms. The molecule has 0 aromatic heterocycles. The van der Waals surface area contributed by atoms with E-state index in [1.54, 1.807) is 0 Å². The van der Waals surface area contributed by atoms with Crippen LogP contribution in [-0.2, 0) is 6.42 Å². The van der Waals surface area contributed by atoms with E-state index in [0.717, 1.165) is 12.8 Å². The smallest absolute Gasteiger partial charge is 0.0577 e. The van der Waals surface area contributed by atoms with Gasteiger partial charge in [-0.25, -0.2) is 0 Å². The van der Waals surface area contributed by atoms with Crippen molar-refractivity contribution in [3.63, 3.8) is 0 Å². The summed E-state index contributed by atoms with van der Waals surface area (Å²) < 4.78 is 1.28. The number of benzene rings is 1. The van der Waals surface area contributed by atoms with Gasteiger partial charge in [-0.05, 0) is 108 Å². The largest absolute Gasteiger partial charge is 0.393 e. The molecule has 1 aromatic carbocycles. The summed E-state index contributed by atoms with van der Waals surface area (Å²) in [5, 5.41) is 10.9. The molecule has 2 saturated carbocycles. The molecule has 6 atom stereocenters. The number of aliphatic hydroxyl groups is 1. The Labute approximate surface area is 161 Å². The molecule has 0 spiro atoms. The molecule has 0 radical (unpaired) electrons. The van der Waals surface area contributed by atoms with E-state index in [0.29, 0.717) is 29.1 Å². The molecule has 0 unspecified atom stereocenters. The first kappa shape index (κ1) is 18.4. The van der Waals surface area contributed by atoms with Crippen molar-refractivity contribution in [2.24, 2.45) is 29.1 Å². The highest BCUT2D eigenvalue weighted by atomic mass is 127. The lowest BCUT2D eigenvalue weighted by molar-refractivity contribution is -0.105. The maximum absolute atomic E-state index is 10.9. The Morgan fingerprint density at radius 2 is 1.96 bits per heavy atom. The van der Waals surface area contributed by atoms with Crippen molar-refractivity contribution in [3.05, 3.63) is 45.6 Å². The highest BCUT2D eigenvalue weighted by Gasteiger charge is 2.52. The summed E-state index contributed by atoms with van der Waals surface area (Å²) in [6.45, 7) is 11.3. The van der Waals surface area contributed by atoms with Gasteiger partial charge in [0.1, 0.15) is 0 Å². The molecule has 0 saturated heterocycles. The Bertz CT molecular complexity index is 592. The average Bonchev–Trinajstić information content (AvgIpc) is 2.53. The van der Waals surface area contributed by atoms with Gasteiger partial charge in [-0.15, -0.1) is 0 Å². The summed E-state index contributed by atoms with van der Waals surface area (Å²) in [4.78, 5) is 0. The van der Waals surface area contributed by atoms with Gasteiger partial charge in [0.25, 0.3) is 0 Å². The van der Waals surface area contributed by atoms with Gasteiger partial charge < -0.3 is 5.11 Å². The number of halogens is 1. The van der Waals surface area contributed by atoms with E-state index < -0.39 is 0 Å². The highest BCUT2D eigenvalue weighted by Crippen LogP contribution is 2.58. The SMILES string of the molecule is C=C(C)[C@@H]1CC[C@H]2[C@H](Cc3ccc(I)cc3)[C@H](O)C[C@@H](C)[C@]2(C)C1. The highest BCUT2D eigenvalue weighted by molar-refractivity contribution is 14.1. The van der Waals surface area contributed by atoms with Crippen LogP contribution >= 0.6 is 22.6 Å². The Hall–Kier alpha value is -0.350. The van der Waals surface area contributed by atoms with E-state index >= 15 is 0 Å². The van der Waals surface area contributed by atoms with Crippen molar-refractivity contribution in [3.8, 4) is 0 Å². The van der Waals surface area contributed by atoms with Gasteiger partial charge in [-0.3, -0.25) is 0 Å². The maximum atomic E-state index is 10.9. The van der Waals surface area contributed by atoms with Gasteiger partial charge in [0.15, 0.2) is 0 Å². The molecule has 2 aliphatic carbocycles. The third kappa shape index (κ3) is 3.46. The monoisotopic (exact) mass is 438 g/mol. The van der Waals surface area contributed by atoms with E-state index in [4.69, 9.17) is 0 Å². The number of hydrogen-bond acceptors (Lipinski definition) is 1. The average molecular weight is 438 g/mol. The molecule has 1 aromatic rings. The molecule has 2 aliphatic rings. The Kier molecular flexibility index (Phi) is 5.46. The lowest BCUT2D eigenvalue weighted by Crippen LogP contribution is -2.52. The van der Waals surface area contributed by atoms with Crippen LogP contribution in [0.15, 0.2) is 36.4 Å². The normalized spacial score (nSPS) is 39.3. The van der Waals surface area contributed by atoms with Crippen LogP contribution in [0.1, 0.15) is 52.0 Å². The van der Waals surface area contributed by atoms with Gasteiger partial charge in [0.2, 0.25) is 0 Å². The fourth-order valence-electron chi connectivity index (χ4n) is 5.43. The maximum Gasteiger partial charge on any atom is 0.0577 e. The van der Waals surface area contributed by atoms with E-state index in [1.807, 2.05) is 0 Å². The standard InChI is InChI=1S/C22H31IO/c1-14(2)17-7-10-20-19(12-16-5-8-18(23)9-6-16)21(24)11-15(3)22(20,4)13-17/h5-6,8-9,15,17,19-21,24H,1,7,10-13H2,2-4H3/t15-,17-,19+,20+,21-,22+/m1/s1. The zero-order valence-electron chi connectivity index (χ0n) is 15.3. The number of hydrogen-bond donors (Lipinski definition) is 1. The van der Waals surface area contributed by atoms with Crippen molar-refractivity contribution in [1.29, 1.82) is 0 Å². The predicted octanol–water partition coefficient (Wildman–Crippen LogP) is 5.85. The second-order valence-electron chi connectivity index (χ2n) is 8.64. The molecule has 1 nitrogen and oxygen atoms in total. The van der Waals surface area contributed by atoms with Gasteiger partial charge in [0, 0.05) is 3.57 Å². The van der Waals surface area contributed by atoms with Crippen LogP contribution in [0.4, 0.5) is 0 Å². The molecule has 3 rings (SSSR count). The minimum absolute atomic E-state index is 0.154. The quantitative estimate of drug-likeness (QED) is 0.464. The molecule has 0 amide bonds. The minimum Gasteiger partial charge on any atom is -0.393 e. The van der Waals surface area contributed by atoms with Gasteiger partial charge >= 0.3 is 0 Å². The Balaban J connectivity index is 1.84. The predicted molar refractivity (Wildman–Crippen MR) is 110 cm³/mol. The lowest BCUT2D eigenvalue weighted by Gasteiger charge is -2.56. The molecular weight excluding hydrogens is 407 g/mol. The van der Waals surface area contributed by atoms with Crippen LogP contribution < -0.4 is 0 Å². The van der Waals surface area contributed by atoms with Gasteiger partial charge in [0.05, 0.1) is 6.10 Å². The van der Waals surface area contributed by atoms with Crippen molar-refractivity contribution >= 4 is 22.6 Å². The molecule has 1 N–H and O–H groups in total. The molecule has 2 fully saturated rings. The molecule has 24 heavy (non-hydrogen) atoms. The van der Waals surface area contributed by atoms with Crippen LogP contribution in [0.3, 0.4) is 0 Å². The summed E-state index contributed by atoms with van der Waals surface area (Å²) in [5.41, 5.74) is 3.06. The summed E-state index contributed by atoms with van der Waals surface area (Å²) in [6.07, 6.45) is 5.55. The number of aliphatic hydroxyl groups excluding tert-OH is 1. The first-order chi connectivity index (χ1) is 11.3. The van der Waals surface area contributed by atoms with Crippen LogP contribution in [0.25, 0.3) is 0 Å². The summed E-state index contributed by atoms with van der Waals surface area (Å²) in [5.74, 6) is 2.29. The summed E-state index contributed by atoms with van der Waals surface area (Å²) in [7, 11) is 0. The summed E-state index contributed by atoms with van der Waals surface area (Å²) in [6, 6.07) is 8.85. The molecule has 0 bridgehead atoms. The van der Waals surface area contributed by atoms with Crippen molar-refractivity contribution < 1.29 is 5.11 Å². The first-order valence-electron chi connectivity index (χ1n) is 9.39. The second-order valence-corrected chi connectivity index (χ2v) is 9.88. The molecule has 132 valence electrons. The van der Waals surface area contributed by atoms with Crippen LogP contribution in [0, 0.1) is 32.7 Å². The lowest BCUT2D eigenvalue weighted by atomic mass is 9.49. The van der Waals surface area contributed by atoms with E-state index in [1.165, 1.54) is 34.0 Å². The van der Waals surface area contributed by atoms with E-state index in [-0.39, 0.29) is 6.10 Å². The zero-order valence-corrected chi connectivity index (χ0v) is 17.4. The minimum atomic E-state index is -0.154. The fourth-order valence-corrected chi connectivity index (χ4v) is 5.79. The van der Waals surface area contributed by atoms with Gasteiger partial charge in [-0.1, -0.05) is 38.1 Å². The van der Waals surface area contributed by atoms with Crippen LogP contribution in [-0.4, -0.2) is 11.2 Å². The molecule has 0 heterocycles. The number of fused-ring (bicyclic) bond motifs is 1. The van der Waals surface area contributed by atoms with Crippen molar-refractivity contribution in [2.45, 2.75) is 59.0 Å². The van der Waals surface area contributed by atoms with Crippen LogP contribution in [0.5, 0.6) is 0 Å². The Morgan fingerprint density at radius 3 is 2.58 bits per heavy atom. The van der Waals surface area contributed by atoms with E-state index in [2.05, 4.69) is 74.2 Å². The third-order valence-corrected chi connectivity index (χ3v) is 7.89. The second kappa shape index (κ2) is 7.11. The first-order valence-corrected chi connectivity index (χ1v) is 10.5. The van der Waals surface area contributed by atoms with Gasteiger partial charge in [-0.2, -0.15) is 0 Å². The zero-order chi connectivity index (χ0) is 17.5. The summed E-state index contributed by atoms with van der Waals surface area (Å²) >= 11 is 2.36. The topological polar surface area (TPSA) is 20.2 Å². The van der Waals surface area contributed by atoms with Crippen molar-refractivity contribution in [2.75, 3.05) is 0 Å². The Morgan fingerprint density at radius 1 is 1.29 bits per heavy atom. The number of rotatable bonds is 3. The van der Waals surface area contributed by atoms with Crippen molar-refractivity contribution in [1.82, 2.24) is 0 Å². The molecular formula is C22H31IO. The fraction of sp³-hybridized carbons (Fsp3) is 0.636. The van der Waals surface area contributed by atoms with E-state index in [9.17, 15) is 5.11 Å². The third-order valence-electron chi connectivity index (χ3n) is 7.17. The molecule has 0 aliphatic heterocycles. The van der Waals surface area contributed by atoms with Crippen LogP contribution in [0.2, 0.25) is 0 Å².